The summed E-state index contributed by atoms with van der Waals surface area (Å²) in [6.07, 6.45) is 11.7. The van der Waals surface area contributed by atoms with Crippen molar-refractivity contribution in [2.75, 3.05) is 11.9 Å². The van der Waals surface area contributed by atoms with Gasteiger partial charge in [-0.05, 0) is 76.8 Å². The molecule has 9 heteroatoms. The number of nitrogens with zero attached hydrogens (tertiary/aromatic N) is 4. The summed E-state index contributed by atoms with van der Waals surface area (Å²) in [5, 5.41) is 2.82. The normalized spacial score (nSPS) is 29.3. The van der Waals surface area contributed by atoms with Crippen LogP contribution < -0.4 is 15.6 Å². The van der Waals surface area contributed by atoms with Gasteiger partial charge in [-0.3, -0.25) is 14.0 Å². The Balaban J connectivity index is 1.23. The highest BCUT2D eigenvalue weighted by molar-refractivity contribution is 6.05. The van der Waals surface area contributed by atoms with Crippen LogP contribution in [0.3, 0.4) is 0 Å². The van der Waals surface area contributed by atoms with E-state index in [4.69, 9.17) is 14.5 Å². The van der Waals surface area contributed by atoms with E-state index in [0.717, 1.165) is 31.4 Å². The maximum atomic E-state index is 13.4. The van der Waals surface area contributed by atoms with Gasteiger partial charge in [0.15, 0.2) is 0 Å². The number of hydrogen-bond donors (Lipinski definition) is 1. The number of nitrogens with one attached hydrogen (secondary N) is 1. The van der Waals surface area contributed by atoms with Crippen LogP contribution in [0.2, 0.25) is 0 Å². The summed E-state index contributed by atoms with van der Waals surface area (Å²) in [5.41, 5.74) is 1.43. The molecular formula is C27H31N5O4. The molecule has 4 aliphatic rings. The molecular weight excluding hydrogens is 458 g/mol. The first-order chi connectivity index (χ1) is 17.2. The van der Waals surface area contributed by atoms with Gasteiger partial charge in [-0.2, -0.15) is 4.98 Å². The number of amides is 1. The highest BCUT2D eigenvalue weighted by Gasteiger charge is 2.64. The molecule has 3 saturated carbocycles. The third kappa shape index (κ3) is 3.32. The minimum Gasteiger partial charge on any atom is -0.474 e. The van der Waals surface area contributed by atoms with Gasteiger partial charge in [-0.25, -0.2) is 4.98 Å². The van der Waals surface area contributed by atoms with Gasteiger partial charge < -0.3 is 19.4 Å². The van der Waals surface area contributed by atoms with Crippen molar-refractivity contribution in [2.45, 2.75) is 82.5 Å². The zero-order valence-corrected chi connectivity index (χ0v) is 20.9. The summed E-state index contributed by atoms with van der Waals surface area (Å²) in [7, 11) is 0. The van der Waals surface area contributed by atoms with Gasteiger partial charge in [0.25, 0.3) is 11.5 Å². The van der Waals surface area contributed by atoms with Crippen molar-refractivity contribution in [3.05, 3.63) is 52.3 Å². The van der Waals surface area contributed by atoms with Crippen LogP contribution in [0.15, 0.2) is 35.5 Å². The highest BCUT2D eigenvalue weighted by Crippen LogP contribution is 2.72. The lowest BCUT2D eigenvalue weighted by atomic mass is 9.84. The average Bonchev–Trinajstić information content (AvgIpc) is 3.61. The lowest BCUT2D eigenvalue weighted by Gasteiger charge is -2.24. The molecule has 9 nitrogen and oxygen atoms in total. The smallest absolute Gasteiger partial charge is 0.274 e. The number of hydrogen-bond acceptors (Lipinski definition) is 6. The first-order valence-electron chi connectivity index (χ1n) is 12.9. The van der Waals surface area contributed by atoms with E-state index in [9.17, 15) is 9.59 Å². The molecule has 7 rings (SSSR count). The van der Waals surface area contributed by atoms with Crippen molar-refractivity contribution in [2.24, 2.45) is 5.41 Å². The SMILES string of the molecule is CC(C)Oc1nc2nc([C@]34CC[C@](C)(C3)OC4)cn2cc1C(=O)Nc1cccn([C@H]2CC23CC3)c1=O. The van der Waals surface area contributed by atoms with E-state index in [1.54, 1.807) is 21.2 Å². The molecule has 3 aliphatic carbocycles. The fourth-order valence-electron chi connectivity index (χ4n) is 6.34. The van der Waals surface area contributed by atoms with Crippen LogP contribution in [0, 0.1) is 5.41 Å². The van der Waals surface area contributed by atoms with Crippen LogP contribution in [0.25, 0.3) is 5.78 Å². The standard InChI is InChI=1S/C27H31N5O4/c1-16(2)36-22-17(21(33)28-18-5-4-10-32(23(18)34)20-11-26(20)8-9-26)12-31-13-19(29-24(31)30-22)27-7-6-25(3,14-27)35-15-27/h4-5,10,12-13,16,20H,6-9,11,14-15H2,1-3H3,(H,28,33)/t20-,25+,27+/m0/s1. The second-order valence-electron chi connectivity index (χ2n) is 11.8. The molecule has 0 unspecified atom stereocenters. The number of aromatic nitrogens is 4. The van der Waals surface area contributed by atoms with Gasteiger partial charge in [-0.1, -0.05) is 0 Å². The van der Waals surface area contributed by atoms with Crippen molar-refractivity contribution in [3.63, 3.8) is 0 Å². The van der Waals surface area contributed by atoms with Crippen molar-refractivity contribution in [3.8, 4) is 5.88 Å². The first kappa shape index (κ1) is 22.0. The van der Waals surface area contributed by atoms with Gasteiger partial charge in [0.1, 0.15) is 11.3 Å². The highest BCUT2D eigenvalue weighted by atomic mass is 16.5. The molecule has 1 aliphatic heterocycles. The van der Waals surface area contributed by atoms with Gasteiger partial charge in [0, 0.05) is 30.0 Å². The summed E-state index contributed by atoms with van der Waals surface area (Å²) < 4.78 is 15.5. The van der Waals surface area contributed by atoms with E-state index in [0.29, 0.717) is 17.8 Å². The Morgan fingerprint density at radius 2 is 2.06 bits per heavy atom. The fourth-order valence-corrected chi connectivity index (χ4v) is 6.34. The van der Waals surface area contributed by atoms with E-state index < -0.39 is 5.91 Å². The Bertz CT molecular complexity index is 1460. The lowest BCUT2D eigenvalue weighted by molar-refractivity contribution is -0.00627. The molecule has 1 spiro atoms. The molecule has 3 aromatic rings. The topological polar surface area (TPSA) is 99.8 Å². The minimum absolute atomic E-state index is 0.0810. The van der Waals surface area contributed by atoms with Crippen LogP contribution in [0.1, 0.15) is 81.4 Å². The van der Waals surface area contributed by atoms with Crippen LogP contribution in [0.4, 0.5) is 5.69 Å². The average molecular weight is 490 g/mol. The summed E-state index contributed by atoms with van der Waals surface area (Å²) in [6.45, 7) is 6.59. The molecule has 4 fully saturated rings. The predicted molar refractivity (Wildman–Crippen MR) is 133 cm³/mol. The van der Waals surface area contributed by atoms with Crippen LogP contribution >= 0.6 is 0 Å². The number of rotatable bonds is 6. The Labute approximate surface area is 208 Å². The Hall–Kier alpha value is -3.20. The Kier molecular flexibility index (Phi) is 4.40. The molecule has 36 heavy (non-hydrogen) atoms. The Morgan fingerprint density at radius 3 is 2.69 bits per heavy atom. The predicted octanol–water partition coefficient (Wildman–Crippen LogP) is 3.87. The number of ether oxygens (including phenoxy) is 2. The molecule has 1 N–H and O–H groups in total. The molecule has 4 heterocycles. The van der Waals surface area contributed by atoms with Crippen LogP contribution in [-0.2, 0) is 10.2 Å². The zero-order valence-electron chi connectivity index (χ0n) is 20.9. The number of carbonyl (C=O) groups is 1. The van der Waals surface area contributed by atoms with Crippen molar-refractivity contribution >= 4 is 17.4 Å². The van der Waals surface area contributed by atoms with Crippen molar-refractivity contribution in [1.82, 2.24) is 18.9 Å². The van der Waals surface area contributed by atoms with E-state index in [1.165, 1.54) is 12.8 Å². The fraction of sp³-hybridized carbons (Fsp3) is 0.556. The number of anilines is 1. The summed E-state index contributed by atoms with van der Waals surface area (Å²) >= 11 is 0. The molecule has 3 aromatic heterocycles. The van der Waals surface area contributed by atoms with E-state index in [1.807, 2.05) is 32.3 Å². The zero-order chi connectivity index (χ0) is 24.9. The van der Waals surface area contributed by atoms with E-state index in [2.05, 4.69) is 17.2 Å². The molecule has 3 atom stereocenters. The number of pyridine rings is 1. The third-order valence-electron chi connectivity index (χ3n) is 8.69. The second-order valence-corrected chi connectivity index (χ2v) is 11.8. The summed E-state index contributed by atoms with van der Waals surface area (Å²) in [4.78, 5) is 36.0. The molecule has 1 amide bonds. The third-order valence-corrected chi connectivity index (χ3v) is 8.69. The maximum absolute atomic E-state index is 13.4. The monoisotopic (exact) mass is 489 g/mol. The minimum atomic E-state index is -0.433. The molecule has 2 bridgehead atoms. The first-order valence-corrected chi connectivity index (χ1v) is 12.9. The van der Waals surface area contributed by atoms with E-state index >= 15 is 0 Å². The number of imidazole rings is 1. The molecule has 0 aromatic carbocycles. The van der Waals surface area contributed by atoms with Gasteiger partial charge in [-0.15, -0.1) is 0 Å². The van der Waals surface area contributed by atoms with Gasteiger partial charge >= 0.3 is 0 Å². The summed E-state index contributed by atoms with van der Waals surface area (Å²) in [5.74, 6) is 0.259. The molecule has 188 valence electrons. The van der Waals surface area contributed by atoms with Crippen LogP contribution in [0.5, 0.6) is 5.88 Å². The second kappa shape index (κ2) is 7.18. The largest absolute Gasteiger partial charge is 0.474 e. The maximum Gasteiger partial charge on any atom is 0.274 e. The number of carbonyl (C=O) groups excluding carboxylic acids is 1. The van der Waals surface area contributed by atoms with Crippen molar-refractivity contribution in [1.29, 1.82) is 0 Å². The molecule has 0 radical (unpaired) electrons. The number of fused-ring (bicyclic) bond motifs is 3. The lowest BCUT2D eigenvalue weighted by Crippen LogP contribution is -2.26. The Morgan fingerprint density at radius 1 is 1.22 bits per heavy atom. The van der Waals surface area contributed by atoms with Crippen LogP contribution in [-0.4, -0.2) is 43.2 Å². The molecule has 1 saturated heterocycles. The van der Waals surface area contributed by atoms with Gasteiger partial charge in [0.2, 0.25) is 11.7 Å². The van der Waals surface area contributed by atoms with Crippen molar-refractivity contribution < 1.29 is 14.3 Å². The van der Waals surface area contributed by atoms with E-state index in [-0.39, 0.29) is 45.9 Å². The van der Waals surface area contributed by atoms with Gasteiger partial charge in [0.05, 0.1) is 24.0 Å². The summed E-state index contributed by atoms with van der Waals surface area (Å²) in [6, 6.07) is 3.72. The quantitative estimate of drug-likeness (QED) is 0.564.